The fourth-order valence-corrected chi connectivity index (χ4v) is 4.67. The Bertz CT molecular complexity index is 790. The highest BCUT2D eigenvalue weighted by Gasteiger charge is 2.31. The predicted octanol–water partition coefficient (Wildman–Crippen LogP) is 3.61. The fourth-order valence-electron chi connectivity index (χ4n) is 2.73. The molecule has 1 aliphatic heterocycles. The highest BCUT2D eigenvalue weighted by molar-refractivity contribution is 7.99. The van der Waals surface area contributed by atoms with E-state index >= 15 is 0 Å². The highest BCUT2D eigenvalue weighted by Crippen LogP contribution is 2.37. The summed E-state index contributed by atoms with van der Waals surface area (Å²) in [5.74, 6) is 0.749. The van der Waals surface area contributed by atoms with Crippen LogP contribution in [-0.2, 0) is 24.3 Å². The topological polar surface area (TPSA) is 44.1 Å². The van der Waals surface area contributed by atoms with E-state index in [1.54, 1.807) is 27.7 Å². The monoisotopic (exact) mass is 336 g/mol. The van der Waals surface area contributed by atoms with Crippen LogP contribution in [0.1, 0.15) is 31.2 Å². The summed E-state index contributed by atoms with van der Waals surface area (Å²) in [6, 6.07) is 0. The van der Waals surface area contributed by atoms with Crippen molar-refractivity contribution in [3.8, 4) is 0 Å². The lowest BCUT2D eigenvalue weighted by Crippen LogP contribution is -2.32. The third-order valence-electron chi connectivity index (χ3n) is 3.80. The molecule has 0 atom stereocenters. The molecule has 118 valence electrons. The van der Waals surface area contributed by atoms with Crippen LogP contribution in [0.25, 0.3) is 10.2 Å². The molecule has 0 saturated heterocycles. The van der Waals surface area contributed by atoms with E-state index in [-0.39, 0.29) is 11.2 Å². The fraction of sp³-hybridized carbons (Fsp3) is 0.500. The number of aromatic nitrogens is 2. The standard InChI is InChI=1S/C16H20N2O2S2/c1-5-7-21-15-17-13-12(14(19)18(15)6-2)10-8-16(3,4)20-9-11(10)22-13/h5H,1,6-9H2,2-4H3. The lowest BCUT2D eigenvalue weighted by atomic mass is 9.94. The smallest absolute Gasteiger partial charge is 0.263 e. The second-order valence-electron chi connectivity index (χ2n) is 5.95. The van der Waals surface area contributed by atoms with Crippen molar-refractivity contribution in [3.05, 3.63) is 33.4 Å². The van der Waals surface area contributed by atoms with Gasteiger partial charge in [0.2, 0.25) is 0 Å². The molecule has 0 aromatic carbocycles. The second-order valence-corrected chi connectivity index (χ2v) is 8.02. The number of ether oxygens (including phenoxy) is 1. The van der Waals surface area contributed by atoms with Gasteiger partial charge in [0, 0.05) is 23.6 Å². The average Bonchev–Trinajstić information content (AvgIpc) is 2.81. The predicted molar refractivity (Wildman–Crippen MR) is 93.0 cm³/mol. The van der Waals surface area contributed by atoms with Gasteiger partial charge in [-0.1, -0.05) is 17.8 Å². The summed E-state index contributed by atoms with van der Waals surface area (Å²) >= 11 is 3.15. The molecule has 0 bridgehead atoms. The molecular formula is C16H20N2O2S2. The van der Waals surface area contributed by atoms with Gasteiger partial charge in [-0.25, -0.2) is 4.98 Å². The molecule has 1 aliphatic rings. The number of rotatable bonds is 4. The Balaban J connectivity index is 2.22. The number of hydrogen-bond donors (Lipinski definition) is 0. The highest BCUT2D eigenvalue weighted by atomic mass is 32.2. The van der Waals surface area contributed by atoms with Crippen LogP contribution in [0.15, 0.2) is 22.6 Å². The quantitative estimate of drug-likeness (QED) is 0.486. The first kappa shape index (κ1) is 15.8. The normalized spacial score (nSPS) is 16.7. The van der Waals surface area contributed by atoms with Crippen molar-refractivity contribution in [2.75, 3.05) is 5.75 Å². The van der Waals surface area contributed by atoms with Crippen LogP contribution < -0.4 is 5.56 Å². The molecule has 0 aliphatic carbocycles. The van der Waals surface area contributed by atoms with E-state index < -0.39 is 0 Å². The van der Waals surface area contributed by atoms with Crippen LogP contribution in [0.5, 0.6) is 0 Å². The van der Waals surface area contributed by atoms with Gasteiger partial charge in [-0.15, -0.1) is 17.9 Å². The zero-order valence-electron chi connectivity index (χ0n) is 13.1. The maximum Gasteiger partial charge on any atom is 0.263 e. The lowest BCUT2D eigenvalue weighted by molar-refractivity contribution is -0.0379. The Morgan fingerprint density at radius 2 is 2.32 bits per heavy atom. The van der Waals surface area contributed by atoms with Gasteiger partial charge in [-0.05, 0) is 26.3 Å². The molecule has 4 nitrogen and oxygen atoms in total. The Kier molecular flexibility index (Phi) is 4.18. The van der Waals surface area contributed by atoms with Crippen molar-refractivity contribution in [1.82, 2.24) is 9.55 Å². The third-order valence-corrected chi connectivity index (χ3v) is 5.87. The molecule has 3 rings (SSSR count). The Morgan fingerprint density at radius 3 is 3.00 bits per heavy atom. The number of nitrogens with zero attached hydrogens (tertiary/aromatic N) is 2. The number of hydrogen-bond acceptors (Lipinski definition) is 5. The molecule has 0 amide bonds. The van der Waals surface area contributed by atoms with Gasteiger partial charge in [0.25, 0.3) is 5.56 Å². The summed E-state index contributed by atoms with van der Waals surface area (Å²) in [5.41, 5.74) is 0.992. The first-order chi connectivity index (χ1) is 10.5. The molecule has 0 radical (unpaired) electrons. The Labute approximate surface area is 138 Å². The van der Waals surface area contributed by atoms with Crippen molar-refractivity contribution >= 4 is 33.3 Å². The van der Waals surface area contributed by atoms with E-state index in [2.05, 4.69) is 20.4 Å². The van der Waals surface area contributed by atoms with Crippen LogP contribution in [0.2, 0.25) is 0 Å². The third kappa shape index (κ3) is 2.64. The van der Waals surface area contributed by atoms with Crippen molar-refractivity contribution in [2.24, 2.45) is 0 Å². The summed E-state index contributed by atoms with van der Waals surface area (Å²) in [4.78, 5) is 19.7. The largest absolute Gasteiger partial charge is 0.370 e. The molecular weight excluding hydrogens is 316 g/mol. The second kappa shape index (κ2) is 5.83. The van der Waals surface area contributed by atoms with Gasteiger partial charge in [0.15, 0.2) is 5.16 Å². The summed E-state index contributed by atoms with van der Waals surface area (Å²) in [6.45, 7) is 11.1. The molecule has 0 spiro atoms. The summed E-state index contributed by atoms with van der Waals surface area (Å²) in [5, 5.41) is 1.57. The van der Waals surface area contributed by atoms with Gasteiger partial charge in [0.1, 0.15) is 4.83 Å². The Morgan fingerprint density at radius 1 is 1.55 bits per heavy atom. The van der Waals surface area contributed by atoms with Crippen LogP contribution in [-0.4, -0.2) is 20.9 Å². The average molecular weight is 336 g/mol. The van der Waals surface area contributed by atoms with Gasteiger partial charge in [-0.3, -0.25) is 9.36 Å². The van der Waals surface area contributed by atoms with E-state index in [0.29, 0.717) is 13.2 Å². The number of thioether (sulfide) groups is 1. The molecule has 0 fully saturated rings. The minimum Gasteiger partial charge on any atom is -0.370 e. The molecule has 6 heteroatoms. The van der Waals surface area contributed by atoms with E-state index in [0.717, 1.165) is 38.0 Å². The van der Waals surface area contributed by atoms with E-state index in [1.165, 1.54) is 0 Å². The molecule has 0 N–H and O–H groups in total. The first-order valence-electron chi connectivity index (χ1n) is 7.39. The van der Waals surface area contributed by atoms with Gasteiger partial charge < -0.3 is 4.74 Å². The van der Waals surface area contributed by atoms with Crippen LogP contribution in [0, 0.1) is 0 Å². The maximum atomic E-state index is 12.9. The van der Waals surface area contributed by atoms with E-state index in [1.807, 2.05) is 13.0 Å². The number of fused-ring (bicyclic) bond motifs is 3. The summed E-state index contributed by atoms with van der Waals surface area (Å²) in [7, 11) is 0. The minimum absolute atomic E-state index is 0.0780. The van der Waals surface area contributed by atoms with Crippen LogP contribution in [0.4, 0.5) is 0 Å². The molecule has 2 aromatic heterocycles. The zero-order valence-corrected chi connectivity index (χ0v) is 14.8. The maximum absolute atomic E-state index is 12.9. The van der Waals surface area contributed by atoms with Gasteiger partial charge in [0.05, 0.1) is 17.6 Å². The molecule has 22 heavy (non-hydrogen) atoms. The van der Waals surface area contributed by atoms with Crippen molar-refractivity contribution < 1.29 is 4.74 Å². The molecule has 0 saturated carbocycles. The van der Waals surface area contributed by atoms with Gasteiger partial charge in [-0.2, -0.15) is 0 Å². The number of thiophene rings is 1. The van der Waals surface area contributed by atoms with Crippen molar-refractivity contribution in [3.63, 3.8) is 0 Å². The van der Waals surface area contributed by atoms with Crippen molar-refractivity contribution in [2.45, 2.75) is 51.1 Å². The van der Waals surface area contributed by atoms with Gasteiger partial charge >= 0.3 is 0 Å². The van der Waals surface area contributed by atoms with Crippen molar-refractivity contribution in [1.29, 1.82) is 0 Å². The SMILES string of the molecule is C=CCSc1nc2sc3c(c2c(=O)n1CC)CC(C)(C)OC3. The zero-order chi connectivity index (χ0) is 15.9. The first-order valence-corrected chi connectivity index (χ1v) is 9.19. The molecule has 0 unspecified atom stereocenters. The molecule has 2 aromatic rings. The molecule has 3 heterocycles. The van der Waals surface area contributed by atoms with Crippen LogP contribution in [0.3, 0.4) is 0 Å². The summed E-state index contributed by atoms with van der Waals surface area (Å²) < 4.78 is 7.64. The van der Waals surface area contributed by atoms with E-state index in [4.69, 9.17) is 9.72 Å². The van der Waals surface area contributed by atoms with E-state index in [9.17, 15) is 4.79 Å². The summed E-state index contributed by atoms with van der Waals surface area (Å²) in [6.07, 6.45) is 2.60. The Hall–Kier alpha value is -1.11. The lowest BCUT2D eigenvalue weighted by Gasteiger charge is -2.29. The minimum atomic E-state index is -0.221. The van der Waals surface area contributed by atoms with Crippen LogP contribution >= 0.6 is 23.1 Å².